The average Bonchev–Trinajstić information content (AvgIpc) is 3.18. The molecule has 0 aromatic rings. The highest BCUT2D eigenvalue weighted by Gasteiger charge is 2.48. The molecule has 2 amide bonds. The van der Waals surface area contributed by atoms with Gasteiger partial charge in [-0.25, -0.2) is 0 Å². The van der Waals surface area contributed by atoms with E-state index in [9.17, 15) is 9.59 Å². The van der Waals surface area contributed by atoms with Gasteiger partial charge in [-0.1, -0.05) is 52.0 Å². The van der Waals surface area contributed by atoms with E-state index in [1.165, 1.54) is 11.1 Å². The number of nitrogens with zero attached hydrogens (tertiary/aromatic N) is 3. The summed E-state index contributed by atoms with van der Waals surface area (Å²) in [7, 11) is 0. The summed E-state index contributed by atoms with van der Waals surface area (Å²) in [6, 6.07) is -0.740. The van der Waals surface area contributed by atoms with Crippen LogP contribution in [0.5, 0.6) is 0 Å². The summed E-state index contributed by atoms with van der Waals surface area (Å²) < 4.78 is 1.87. The molecule has 4 rings (SSSR count). The number of fused-ring (bicyclic) bond motifs is 1. The molecule has 39 heavy (non-hydrogen) atoms. The molecule has 4 N–H and O–H groups in total. The molecule has 9 nitrogen and oxygen atoms in total. The van der Waals surface area contributed by atoms with Gasteiger partial charge >= 0.3 is 0 Å². The zero-order valence-electron chi connectivity index (χ0n) is 20.6. The first-order chi connectivity index (χ1) is 18.7. The molecule has 0 aromatic heterocycles. The van der Waals surface area contributed by atoms with Crippen LogP contribution in [0.2, 0.25) is 0 Å². The third kappa shape index (κ3) is 7.48. The van der Waals surface area contributed by atoms with E-state index in [0.29, 0.717) is 5.70 Å². The lowest BCUT2D eigenvalue weighted by Crippen LogP contribution is -2.45. The fourth-order valence-electron chi connectivity index (χ4n) is 4.01. The van der Waals surface area contributed by atoms with E-state index in [1.807, 2.05) is 12.2 Å². The minimum Gasteiger partial charge on any atom is -0.335 e. The van der Waals surface area contributed by atoms with Crippen molar-refractivity contribution in [1.82, 2.24) is 26.4 Å². The Kier molecular flexibility index (Phi) is 9.79. The van der Waals surface area contributed by atoms with Gasteiger partial charge in [0.05, 0.1) is 34.3 Å². The summed E-state index contributed by atoms with van der Waals surface area (Å²) >= 11 is 17.5. The summed E-state index contributed by atoms with van der Waals surface area (Å²) in [5, 5.41) is 15.1. The number of hydrogen-bond donors (Lipinski definition) is 4. The van der Waals surface area contributed by atoms with Crippen molar-refractivity contribution in [3.8, 4) is 0 Å². The van der Waals surface area contributed by atoms with Gasteiger partial charge in [0.2, 0.25) is 11.8 Å². The second-order valence-corrected chi connectivity index (χ2v) is 11.3. The Morgan fingerprint density at radius 3 is 2.33 bits per heavy atom. The van der Waals surface area contributed by atoms with Crippen LogP contribution in [0.25, 0.3) is 0 Å². The third-order valence-electron chi connectivity index (χ3n) is 5.98. The summed E-state index contributed by atoms with van der Waals surface area (Å²) in [6.07, 6.45) is 17.6. The Bertz CT molecular complexity index is 1400. The van der Waals surface area contributed by atoms with Gasteiger partial charge in [0.25, 0.3) is 0 Å². The number of hydrogen-bond acceptors (Lipinski definition) is 6. The van der Waals surface area contributed by atoms with Crippen LogP contribution in [0.4, 0.5) is 0 Å². The van der Waals surface area contributed by atoms with Crippen LogP contribution in [0, 0.1) is 11.8 Å². The van der Waals surface area contributed by atoms with E-state index >= 15 is 0 Å². The number of carbonyl (C=O) groups excluding carboxylic acids is 2. The van der Waals surface area contributed by atoms with E-state index in [2.05, 4.69) is 75.0 Å². The van der Waals surface area contributed by atoms with Gasteiger partial charge in [-0.3, -0.25) is 25.3 Å². The van der Waals surface area contributed by atoms with Crippen LogP contribution >= 0.6 is 56.3 Å². The fourth-order valence-corrected chi connectivity index (χ4v) is 4.91. The molecule has 0 spiro atoms. The van der Waals surface area contributed by atoms with E-state index in [0.717, 1.165) is 27.5 Å². The lowest BCUT2D eigenvalue weighted by molar-refractivity contribution is -0.140. The lowest BCUT2D eigenvalue weighted by atomic mass is 9.91. The second kappa shape index (κ2) is 13.3. The molecule has 0 saturated carbocycles. The average molecular weight is 689 g/mol. The van der Waals surface area contributed by atoms with Crippen LogP contribution in [0.15, 0.2) is 90.6 Å². The number of allylic oxidation sites excluding steroid dienone is 9. The molecule has 0 bridgehead atoms. The topological polar surface area (TPSA) is 110 Å². The van der Waals surface area contributed by atoms with Crippen molar-refractivity contribution < 1.29 is 9.59 Å². The molecular weight excluding hydrogens is 666 g/mol. The zero-order chi connectivity index (χ0) is 27.9. The predicted molar refractivity (Wildman–Crippen MR) is 167 cm³/mol. The third-order valence-corrected chi connectivity index (χ3v) is 7.49. The highest BCUT2D eigenvalue weighted by Crippen LogP contribution is 2.32. The monoisotopic (exact) mass is 687 g/mol. The van der Waals surface area contributed by atoms with Gasteiger partial charge in [-0.05, 0) is 88.6 Å². The van der Waals surface area contributed by atoms with Crippen LogP contribution in [-0.2, 0) is 9.59 Å². The predicted octanol–water partition coefficient (Wildman–Crippen LogP) is 3.82. The molecule has 1 fully saturated rings. The van der Waals surface area contributed by atoms with Crippen LogP contribution in [-0.4, -0.2) is 44.9 Å². The minimum atomic E-state index is -0.740. The second-order valence-electron chi connectivity index (χ2n) is 8.62. The van der Waals surface area contributed by atoms with Crippen molar-refractivity contribution in [3.05, 3.63) is 80.4 Å². The van der Waals surface area contributed by atoms with Crippen molar-refractivity contribution in [3.63, 3.8) is 0 Å². The van der Waals surface area contributed by atoms with E-state index < -0.39 is 17.9 Å². The maximum Gasteiger partial charge on any atom is 0.237 e. The van der Waals surface area contributed by atoms with Crippen molar-refractivity contribution in [2.45, 2.75) is 25.8 Å². The Balaban J connectivity index is 1.49. The Morgan fingerprint density at radius 2 is 1.72 bits per heavy atom. The molecule has 1 aliphatic heterocycles. The molecule has 3 unspecified atom stereocenters. The smallest absolute Gasteiger partial charge is 0.237 e. The van der Waals surface area contributed by atoms with Gasteiger partial charge in [-0.2, -0.15) is 10.2 Å². The van der Waals surface area contributed by atoms with Crippen LogP contribution < -0.4 is 21.5 Å². The lowest BCUT2D eigenvalue weighted by Gasteiger charge is -2.23. The van der Waals surface area contributed by atoms with Gasteiger partial charge in [0.1, 0.15) is 5.71 Å². The summed E-state index contributed by atoms with van der Waals surface area (Å²) in [5.41, 5.74) is 13.1. The number of imide groups is 1. The number of amides is 2. The van der Waals surface area contributed by atoms with Crippen LogP contribution in [0.1, 0.15) is 19.8 Å². The van der Waals surface area contributed by atoms with Gasteiger partial charge in [0, 0.05) is 5.70 Å². The van der Waals surface area contributed by atoms with Gasteiger partial charge in [-0.15, -0.1) is 0 Å². The Hall–Kier alpha value is -3.18. The Morgan fingerprint density at radius 1 is 1.03 bits per heavy atom. The fraction of sp³-hybridized carbons (Fsp3) is 0.231. The number of hydrazone groups is 2. The van der Waals surface area contributed by atoms with Gasteiger partial charge < -0.3 is 10.6 Å². The molecule has 3 atom stereocenters. The minimum absolute atomic E-state index is 0.173. The number of rotatable bonds is 7. The molecule has 0 aromatic carbocycles. The number of nitrogens with one attached hydrogen (secondary N) is 4. The number of carbonyl (C=O) groups is 2. The molecule has 3 aliphatic carbocycles. The van der Waals surface area contributed by atoms with Crippen molar-refractivity contribution in [2.75, 3.05) is 0 Å². The highest BCUT2D eigenvalue weighted by molar-refractivity contribution is 9.12. The molecule has 1 heterocycles. The van der Waals surface area contributed by atoms with E-state index in [1.54, 1.807) is 43.4 Å². The van der Waals surface area contributed by atoms with Crippen molar-refractivity contribution in [1.29, 1.82) is 0 Å². The standard InChI is InChI=1S/C26H23Br2N7O2S2/c1-15(35-23(36)20-4-2-3-5-21(20)24(35)37)22(32-34-26(39)31-19-12-8-17(28)9-13-19)14-29-33-25(38)30-18-10-6-16(27)7-11-18/h2-6,8,10,12,14-15,20-21H,7,11H2,1H3,(H2,30,33,38)(H2,31,34,39)/b29-14-,32-22+. The largest absolute Gasteiger partial charge is 0.335 e. The summed E-state index contributed by atoms with van der Waals surface area (Å²) in [5.74, 6) is -1.66. The molecule has 0 radical (unpaired) electrons. The van der Waals surface area contributed by atoms with Crippen molar-refractivity contribution >= 4 is 90.3 Å². The SMILES string of the molecule is CC(C(/C=N\NC(=S)NC1=CC=C(Br)CC1)=N/NC(=S)NC1=C=C=C(Br)C=C1)N1C(=O)C2C=CC=CC2C1=O. The molecule has 13 heteroatoms. The molecule has 1 saturated heterocycles. The number of halogens is 2. The number of likely N-dealkylation sites (tertiary alicyclic amines) is 1. The molecule has 200 valence electrons. The van der Waals surface area contributed by atoms with E-state index in [4.69, 9.17) is 24.4 Å². The van der Waals surface area contributed by atoms with Crippen LogP contribution in [0.3, 0.4) is 0 Å². The first-order valence-corrected chi connectivity index (χ1v) is 14.2. The Labute approximate surface area is 253 Å². The summed E-state index contributed by atoms with van der Waals surface area (Å²) in [6.45, 7) is 1.70. The number of thiocarbonyl (C=S) groups is 2. The molecule has 4 aliphatic rings. The quantitative estimate of drug-likeness (QED) is 0.105. The molecular formula is C26H23Br2N7O2S2. The highest BCUT2D eigenvalue weighted by atomic mass is 79.9. The normalized spacial score (nSPS) is 22.6. The maximum absolute atomic E-state index is 13.1. The maximum atomic E-state index is 13.1. The summed E-state index contributed by atoms with van der Waals surface area (Å²) in [4.78, 5) is 27.5. The first-order valence-electron chi connectivity index (χ1n) is 11.8. The van der Waals surface area contributed by atoms with E-state index in [-0.39, 0.29) is 27.8 Å². The van der Waals surface area contributed by atoms with Crippen molar-refractivity contribution in [2.24, 2.45) is 22.0 Å². The van der Waals surface area contributed by atoms with Gasteiger partial charge in [0.15, 0.2) is 10.2 Å². The zero-order valence-corrected chi connectivity index (χ0v) is 25.4. The first kappa shape index (κ1) is 28.8.